The first-order valence-electron chi connectivity index (χ1n) is 7.27. The maximum absolute atomic E-state index is 13.7. The summed E-state index contributed by atoms with van der Waals surface area (Å²) in [6.45, 7) is 0.318. The lowest BCUT2D eigenvalue weighted by atomic mass is 10.1. The van der Waals surface area contributed by atoms with Gasteiger partial charge in [0.15, 0.2) is 11.6 Å². The molecule has 0 aliphatic rings. The minimum absolute atomic E-state index is 0.111. The average molecular weight is 342 g/mol. The third-order valence-electron chi connectivity index (χ3n) is 3.47. The van der Waals surface area contributed by atoms with Crippen molar-refractivity contribution in [1.29, 1.82) is 0 Å². The van der Waals surface area contributed by atoms with Crippen molar-refractivity contribution >= 4 is 17.2 Å². The Morgan fingerprint density at radius 2 is 2.17 bits per heavy atom. The lowest BCUT2D eigenvalue weighted by Crippen LogP contribution is -2.23. The van der Waals surface area contributed by atoms with Gasteiger partial charge in [-0.05, 0) is 41.3 Å². The largest absolute Gasteiger partial charge is 0.494 e. The molecule has 1 N–H and O–H groups in total. The molecule has 6 heteroatoms. The number of nitrogens with zero attached hydrogens (tertiary/aromatic N) is 1. The van der Waals surface area contributed by atoms with Crippen LogP contribution in [0.1, 0.15) is 15.9 Å². The number of methoxy groups -OCH3 is 1. The summed E-state index contributed by atoms with van der Waals surface area (Å²) in [5, 5.41) is 4.77. The van der Waals surface area contributed by atoms with Gasteiger partial charge < -0.3 is 10.1 Å². The van der Waals surface area contributed by atoms with Crippen LogP contribution in [0.3, 0.4) is 0 Å². The highest BCUT2D eigenvalue weighted by Gasteiger charge is 2.10. The third-order valence-corrected chi connectivity index (χ3v) is 4.39. The molecule has 0 unspecified atom stereocenters. The van der Waals surface area contributed by atoms with E-state index in [4.69, 9.17) is 4.74 Å². The van der Waals surface area contributed by atoms with Crippen LogP contribution in [0.15, 0.2) is 54.2 Å². The number of pyridine rings is 1. The molecule has 0 aliphatic carbocycles. The number of amides is 1. The van der Waals surface area contributed by atoms with E-state index in [9.17, 15) is 9.18 Å². The molecule has 0 spiro atoms. The maximum Gasteiger partial charge on any atom is 0.251 e. The SMILES string of the molecule is COc1ccc(C(=O)NCc2cncc(-c3cccs3)c2)cc1F. The number of hydrogen-bond acceptors (Lipinski definition) is 4. The van der Waals surface area contributed by atoms with Gasteiger partial charge in [-0.1, -0.05) is 6.07 Å². The molecule has 4 nitrogen and oxygen atoms in total. The quantitative estimate of drug-likeness (QED) is 0.765. The van der Waals surface area contributed by atoms with Gasteiger partial charge in [-0.15, -0.1) is 11.3 Å². The van der Waals surface area contributed by atoms with Gasteiger partial charge in [-0.2, -0.15) is 0 Å². The summed E-state index contributed by atoms with van der Waals surface area (Å²) in [5.41, 5.74) is 2.13. The fourth-order valence-corrected chi connectivity index (χ4v) is 2.96. The summed E-state index contributed by atoms with van der Waals surface area (Å²) in [7, 11) is 1.38. The summed E-state index contributed by atoms with van der Waals surface area (Å²) < 4.78 is 18.5. The van der Waals surface area contributed by atoms with Gasteiger partial charge in [0, 0.05) is 34.9 Å². The van der Waals surface area contributed by atoms with Crippen molar-refractivity contribution in [3.63, 3.8) is 0 Å². The summed E-state index contributed by atoms with van der Waals surface area (Å²) in [5.74, 6) is -0.802. The van der Waals surface area contributed by atoms with Gasteiger partial charge in [0.2, 0.25) is 0 Å². The zero-order valence-corrected chi connectivity index (χ0v) is 13.8. The summed E-state index contributed by atoms with van der Waals surface area (Å²) in [4.78, 5) is 17.5. The topological polar surface area (TPSA) is 51.2 Å². The standard InChI is InChI=1S/C18H15FN2O2S/c1-23-16-5-4-13(8-15(16)19)18(22)21-10-12-7-14(11-20-9-12)17-3-2-6-24-17/h2-9,11H,10H2,1H3,(H,21,22). The van der Waals surface area contributed by atoms with Crippen LogP contribution in [0.2, 0.25) is 0 Å². The molecule has 1 amide bonds. The monoisotopic (exact) mass is 342 g/mol. The second-order valence-corrected chi connectivity index (χ2v) is 6.04. The van der Waals surface area contributed by atoms with E-state index in [2.05, 4.69) is 10.3 Å². The molecule has 0 bridgehead atoms. The van der Waals surface area contributed by atoms with E-state index >= 15 is 0 Å². The van der Waals surface area contributed by atoms with Crippen molar-refractivity contribution in [1.82, 2.24) is 10.3 Å². The van der Waals surface area contributed by atoms with Crippen molar-refractivity contribution < 1.29 is 13.9 Å². The Balaban J connectivity index is 1.68. The van der Waals surface area contributed by atoms with E-state index in [1.165, 1.54) is 19.2 Å². The summed E-state index contributed by atoms with van der Waals surface area (Å²) in [6.07, 6.45) is 3.49. The number of nitrogens with one attached hydrogen (secondary N) is 1. The molecule has 3 rings (SSSR count). The molecular formula is C18H15FN2O2S. The number of carbonyl (C=O) groups excluding carboxylic acids is 1. The van der Waals surface area contributed by atoms with Crippen LogP contribution < -0.4 is 10.1 Å². The van der Waals surface area contributed by atoms with Crippen LogP contribution in [0.4, 0.5) is 4.39 Å². The Morgan fingerprint density at radius 3 is 2.88 bits per heavy atom. The van der Waals surface area contributed by atoms with Crippen LogP contribution in [-0.2, 0) is 6.54 Å². The first-order chi connectivity index (χ1) is 11.7. The number of benzene rings is 1. The highest BCUT2D eigenvalue weighted by Crippen LogP contribution is 2.24. The molecule has 122 valence electrons. The Morgan fingerprint density at radius 1 is 1.29 bits per heavy atom. The Hall–Kier alpha value is -2.73. The second-order valence-electron chi connectivity index (χ2n) is 5.09. The molecule has 2 heterocycles. The molecule has 0 radical (unpaired) electrons. The summed E-state index contributed by atoms with van der Waals surface area (Å²) in [6, 6.07) is 10.1. The van der Waals surface area contributed by atoms with Gasteiger partial charge in [0.25, 0.3) is 5.91 Å². The molecular weight excluding hydrogens is 327 g/mol. The molecule has 0 atom stereocenters. The zero-order chi connectivity index (χ0) is 16.9. The number of thiophene rings is 1. The van der Waals surface area contributed by atoms with Crippen molar-refractivity contribution in [2.45, 2.75) is 6.54 Å². The number of halogens is 1. The highest BCUT2D eigenvalue weighted by atomic mass is 32.1. The second kappa shape index (κ2) is 7.23. The first-order valence-corrected chi connectivity index (χ1v) is 8.15. The van der Waals surface area contributed by atoms with Gasteiger partial charge in [0.05, 0.1) is 7.11 Å². The molecule has 0 saturated carbocycles. The molecule has 0 aliphatic heterocycles. The number of ether oxygens (including phenoxy) is 1. The Kier molecular flexibility index (Phi) is 4.86. The predicted molar refractivity (Wildman–Crippen MR) is 91.7 cm³/mol. The predicted octanol–water partition coefficient (Wildman–Crippen LogP) is 3.89. The van der Waals surface area contributed by atoms with Crippen LogP contribution >= 0.6 is 11.3 Å². The number of rotatable bonds is 5. The summed E-state index contributed by atoms with van der Waals surface area (Å²) >= 11 is 1.63. The van der Waals surface area contributed by atoms with E-state index in [0.29, 0.717) is 6.54 Å². The molecule has 1 aromatic carbocycles. The van der Waals surface area contributed by atoms with Crippen LogP contribution in [0, 0.1) is 5.82 Å². The fourth-order valence-electron chi connectivity index (χ4n) is 2.25. The first kappa shape index (κ1) is 16.1. The minimum atomic E-state index is -0.563. The smallest absolute Gasteiger partial charge is 0.251 e. The van der Waals surface area contributed by atoms with Gasteiger partial charge in [-0.3, -0.25) is 9.78 Å². The number of carbonyl (C=O) groups is 1. The number of aromatic nitrogens is 1. The van der Waals surface area contributed by atoms with E-state index in [-0.39, 0.29) is 17.2 Å². The zero-order valence-electron chi connectivity index (χ0n) is 13.0. The molecule has 0 fully saturated rings. The fraction of sp³-hybridized carbons (Fsp3) is 0.111. The maximum atomic E-state index is 13.7. The Labute approximate surface area is 142 Å². The number of hydrogen-bond donors (Lipinski definition) is 1. The normalized spacial score (nSPS) is 10.4. The molecule has 3 aromatic rings. The van der Waals surface area contributed by atoms with E-state index in [1.807, 2.05) is 23.6 Å². The van der Waals surface area contributed by atoms with Gasteiger partial charge in [-0.25, -0.2) is 4.39 Å². The van der Waals surface area contributed by atoms with Crippen molar-refractivity contribution in [3.05, 3.63) is 71.1 Å². The average Bonchev–Trinajstić information content (AvgIpc) is 3.14. The minimum Gasteiger partial charge on any atom is -0.494 e. The van der Waals surface area contributed by atoms with E-state index < -0.39 is 5.82 Å². The van der Waals surface area contributed by atoms with Gasteiger partial charge in [0.1, 0.15) is 0 Å². The Bertz CT molecular complexity index is 850. The van der Waals surface area contributed by atoms with Crippen LogP contribution in [0.25, 0.3) is 10.4 Å². The third kappa shape index (κ3) is 3.60. The van der Waals surface area contributed by atoms with Crippen molar-refractivity contribution in [2.75, 3.05) is 7.11 Å². The molecule has 24 heavy (non-hydrogen) atoms. The van der Waals surface area contributed by atoms with Gasteiger partial charge >= 0.3 is 0 Å². The van der Waals surface area contributed by atoms with Crippen molar-refractivity contribution in [3.8, 4) is 16.2 Å². The van der Waals surface area contributed by atoms with E-state index in [1.54, 1.807) is 23.7 Å². The highest BCUT2D eigenvalue weighted by molar-refractivity contribution is 7.13. The van der Waals surface area contributed by atoms with Crippen LogP contribution in [-0.4, -0.2) is 18.0 Å². The lowest BCUT2D eigenvalue weighted by Gasteiger charge is -2.08. The molecule has 2 aromatic heterocycles. The van der Waals surface area contributed by atoms with Crippen molar-refractivity contribution in [2.24, 2.45) is 0 Å². The molecule has 0 saturated heterocycles. The van der Waals surface area contributed by atoms with Crippen LogP contribution in [0.5, 0.6) is 5.75 Å². The lowest BCUT2D eigenvalue weighted by molar-refractivity contribution is 0.0950. The van der Waals surface area contributed by atoms with E-state index in [0.717, 1.165) is 22.1 Å².